The highest BCUT2D eigenvalue weighted by Crippen LogP contribution is 2.26. The summed E-state index contributed by atoms with van der Waals surface area (Å²) in [5.41, 5.74) is 2.86. The Kier molecular flexibility index (Phi) is 4.02. The minimum atomic E-state index is 0.167. The Bertz CT molecular complexity index is 448. The molecule has 1 heterocycles. The van der Waals surface area contributed by atoms with Gasteiger partial charge in [0.25, 0.3) is 0 Å². The van der Waals surface area contributed by atoms with Gasteiger partial charge in [-0.25, -0.2) is 0 Å². The Labute approximate surface area is 109 Å². The van der Waals surface area contributed by atoms with Crippen LogP contribution in [-0.2, 0) is 0 Å². The highest BCUT2D eigenvalue weighted by atomic mass is 16.5. The van der Waals surface area contributed by atoms with Gasteiger partial charge in [-0.2, -0.15) is 0 Å². The van der Waals surface area contributed by atoms with Crippen molar-refractivity contribution >= 4 is 5.78 Å². The number of hydrogen-bond acceptors (Lipinski definition) is 3. The van der Waals surface area contributed by atoms with E-state index in [2.05, 4.69) is 4.90 Å². The van der Waals surface area contributed by atoms with E-state index in [-0.39, 0.29) is 5.78 Å². The number of carbonyl (C=O) groups excluding carboxylic acids is 1. The molecule has 0 N–H and O–H groups in total. The third kappa shape index (κ3) is 2.72. The Morgan fingerprint density at radius 2 is 1.94 bits per heavy atom. The second kappa shape index (κ2) is 5.53. The van der Waals surface area contributed by atoms with Crippen molar-refractivity contribution in [3.8, 4) is 5.75 Å². The fraction of sp³-hybridized carbons (Fsp3) is 0.533. The lowest BCUT2D eigenvalue weighted by atomic mass is 10.0. The normalized spacial score (nSPS) is 15.9. The van der Waals surface area contributed by atoms with Crippen LogP contribution >= 0.6 is 0 Å². The second-order valence-electron chi connectivity index (χ2n) is 5.07. The predicted octanol–water partition coefficient (Wildman–Crippen LogP) is 2.59. The minimum absolute atomic E-state index is 0.167. The number of ether oxygens (including phenoxy) is 1. The summed E-state index contributed by atoms with van der Waals surface area (Å²) in [5, 5.41) is 0. The molecule has 0 bridgehead atoms. The first-order valence-corrected chi connectivity index (χ1v) is 6.52. The third-order valence-corrected chi connectivity index (χ3v) is 3.49. The van der Waals surface area contributed by atoms with Crippen LogP contribution in [0.1, 0.15) is 34.3 Å². The van der Waals surface area contributed by atoms with Crippen LogP contribution in [-0.4, -0.2) is 37.4 Å². The molecule has 0 spiro atoms. The quantitative estimate of drug-likeness (QED) is 0.766. The first-order valence-electron chi connectivity index (χ1n) is 6.52. The molecule has 1 aliphatic heterocycles. The van der Waals surface area contributed by atoms with E-state index < -0.39 is 0 Å². The summed E-state index contributed by atoms with van der Waals surface area (Å²) in [6.45, 7) is 6.59. The van der Waals surface area contributed by atoms with E-state index in [1.165, 1.54) is 12.8 Å². The van der Waals surface area contributed by atoms with Gasteiger partial charge in [0.2, 0.25) is 0 Å². The molecule has 3 heteroatoms. The van der Waals surface area contributed by atoms with Crippen LogP contribution in [0, 0.1) is 13.8 Å². The number of Topliss-reactive ketones (excluding diaryl/α,β-unsaturated/α-hetero) is 1. The first-order chi connectivity index (χ1) is 8.61. The van der Waals surface area contributed by atoms with Crippen molar-refractivity contribution in [2.75, 3.05) is 26.7 Å². The average molecular weight is 247 g/mol. The number of nitrogens with zero attached hydrogens (tertiary/aromatic N) is 1. The van der Waals surface area contributed by atoms with E-state index >= 15 is 0 Å². The maximum atomic E-state index is 12.4. The zero-order chi connectivity index (χ0) is 13.1. The number of rotatable bonds is 4. The molecular weight excluding hydrogens is 226 g/mol. The van der Waals surface area contributed by atoms with Crippen LogP contribution in [0.5, 0.6) is 5.75 Å². The number of carbonyl (C=O) groups is 1. The molecule has 0 saturated carbocycles. The third-order valence-electron chi connectivity index (χ3n) is 3.49. The molecule has 2 rings (SSSR count). The average Bonchev–Trinajstić information content (AvgIpc) is 2.80. The van der Waals surface area contributed by atoms with Gasteiger partial charge in [0.05, 0.1) is 19.2 Å². The second-order valence-corrected chi connectivity index (χ2v) is 5.07. The molecule has 1 fully saturated rings. The van der Waals surface area contributed by atoms with Crippen molar-refractivity contribution in [3.05, 3.63) is 28.8 Å². The van der Waals surface area contributed by atoms with Gasteiger partial charge in [0, 0.05) is 0 Å². The van der Waals surface area contributed by atoms with E-state index in [9.17, 15) is 4.79 Å². The van der Waals surface area contributed by atoms with Crippen LogP contribution in [0.25, 0.3) is 0 Å². The number of ketones is 1. The molecule has 0 unspecified atom stereocenters. The van der Waals surface area contributed by atoms with Crippen molar-refractivity contribution in [1.82, 2.24) is 4.90 Å². The van der Waals surface area contributed by atoms with Gasteiger partial charge in [-0.05, 0) is 57.0 Å². The molecule has 18 heavy (non-hydrogen) atoms. The maximum absolute atomic E-state index is 12.4. The lowest BCUT2D eigenvalue weighted by Gasteiger charge is -2.16. The summed E-state index contributed by atoms with van der Waals surface area (Å²) in [6.07, 6.45) is 2.41. The van der Waals surface area contributed by atoms with Gasteiger partial charge in [-0.15, -0.1) is 0 Å². The fourth-order valence-corrected chi connectivity index (χ4v) is 2.66. The molecule has 0 radical (unpaired) electrons. The Hall–Kier alpha value is -1.35. The van der Waals surface area contributed by atoms with Gasteiger partial charge >= 0.3 is 0 Å². The Balaban J connectivity index is 2.22. The van der Waals surface area contributed by atoms with Crippen molar-refractivity contribution in [2.24, 2.45) is 0 Å². The SMILES string of the molecule is COc1c(C)cc(C)cc1C(=O)CN1CCCC1. The van der Waals surface area contributed by atoms with E-state index in [0.717, 1.165) is 35.5 Å². The summed E-state index contributed by atoms with van der Waals surface area (Å²) in [5.74, 6) is 0.894. The highest BCUT2D eigenvalue weighted by molar-refractivity contribution is 6.00. The molecule has 1 aromatic carbocycles. The topological polar surface area (TPSA) is 29.5 Å². The molecule has 1 saturated heterocycles. The zero-order valence-electron chi connectivity index (χ0n) is 11.5. The smallest absolute Gasteiger partial charge is 0.180 e. The minimum Gasteiger partial charge on any atom is -0.496 e. The zero-order valence-corrected chi connectivity index (χ0v) is 11.5. The summed E-state index contributed by atoms with van der Waals surface area (Å²) >= 11 is 0. The van der Waals surface area contributed by atoms with E-state index in [0.29, 0.717) is 6.54 Å². The van der Waals surface area contributed by atoms with Crippen LogP contribution in [0.2, 0.25) is 0 Å². The van der Waals surface area contributed by atoms with E-state index in [4.69, 9.17) is 4.74 Å². The number of methoxy groups -OCH3 is 1. The number of aryl methyl sites for hydroxylation is 2. The van der Waals surface area contributed by atoms with Gasteiger partial charge < -0.3 is 4.74 Å². The van der Waals surface area contributed by atoms with Gasteiger partial charge in [-0.3, -0.25) is 9.69 Å². The molecule has 0 amide bonds. The van der Waals surface area contributed by atoms with Crippen LogP contribution in [0.4, 0.5) is 0 Å². The molecule has 0 aromatic heterocycles. The largest absolute Gasteiger partial charge is 0.496 e. The summed E-state index contributed by atoms with van der Waals surface area (Å²) in [6, 6.07) is 3.98. The van der Waals surface area contributed by atoms with E-state index in [1.54, 1.807) is 7.11 Å². The van der Waals surface area contributed by atoms with E-state index in [1.807, 2.05) is 26.0 Å². The lowest BCUT2D eigenvalue weighted by Crippen LogP contribution is -2.27. The standard InChI is InChI=1S/C15H21NO2/c1-11-8-12(2)15(18-3)13(9-11)14(17)10-16-6-4-5-7-16/h8-9H,4-7,10H2,1-3H3. The summed E-state index contributed by atoms with van der Waals surface area (Å²) < 4.78 is 5.38. The Morgan fingerprint density at radius 3 is 2.56 bits per heavy atom. The summed E-state index contributed by atoms with van der Waals surface area (Å²) in [4.78, 5) is 14.6. The number of hydrogen-bond donors (Lipinski definition) is 0. The van der Waals surface area contributed by atoms with Crippen LogP contribution in [0.3, 0.4) is 0 Å². The molecule has 3 nitrogen and oxygen atoms in total. The predicted molar refractivity (Wildman–Crippen MR) is 72.5 cm³/mol. The first kappa shape index (κ1) is 13.1. The fourth-order valence-electron chi connectivity index (χ4n) is 2.66. The molecule has 98 valence electrons. The monoisotopic (exact) mass is 247 g/mol. The maximum Gasteiger partial charge on any atom is 0.180 e. The molecular formula is C15H21NO2. The van der Waals surface area contributed by atoms with Gasteiger partial charge in [0.15, 0.2) is 5.78 Å². The Morgan fingerprint density at radius 1 is 1.28 bits per heavy atom. The lowest BCUT2D eigenvalue weighted by molar-refractivity contribution is 0.0942. The molecule has 1 aromatic rings. The molecule has 0 aliphatic carbocycles. The molecule has 1 aliphatic rings. The number of benzene rings is 1. The van der Waals surface area contributed by atoms with Crippen molar-refractivity contribution < 1.29 is 9.53 Å². The van der Waals surface area contributed by atoms with Gasteiger partial charge in [-0.1, -0.05) is 6.07 Å². The molecule has 0 atom stereocenters. The summed E-state index contributed by atoms with van der Waals surface area (Å²) in [7, 11) is 1.63. The van der Waals surface area contributed by atoms with Crippen molar-refractivity contribution in [1.29, 1.82) is 0 Å². The van der Waals surface area contributed by atoms with Crippen molar-refractivity contribution in [3.63, 3.8) is 0 Å². The van der Waals surface area contributed by atoms with Gasteiger partial charge in [0.1, 0.15) is 5.75 Å². The van der Waals surface area contributed by atoms with Crippen LogP contribution < -0.4 is 4.74 Å². The highest BCUT2D eigenvalue weighted by Gasteiger charge is 2.20. The number of likely N-dealkylation sites (tertiary alicyclic amines) is 1. The van der Waals surface area contributed by atoms with Crippen molar-refractivity contribution in [2.45, 2.75) is 26.7 Å². The van der Waals surface area contributed by atoms with Crippen LogP contribution in [0.15, 0.2) is 12.1 Å².